The Morgan fingerprint density at radius 1 is 1.35 bits per heavy atom. The van der Waals surface area contributed by atoms with E-state index in [9.17, 15) is 13.2 Å². The average Bonchev–Trinajstić information content (AvgIpc) is 3.35. The second-order valence-electron chi connectivity index (χ2n) is 6.14. The number of hydrogen-bond acceptors (Lipinski definition) is 6. The molecule has 0 unspecified atom stereocenters. The molecule has 1 heterocycles. The van der Waals surface area contributed by atoms with E-state index < -0.39 is 10.0 Å². The van der Waals surface area contributed by atoms with Gasteiger partial charge in [-0.15, -0.1) is 10.2 Å². The van der Waals surface area contributed by atoms with Crippen molar-refractivity contribution in [2.75, 3.05) is 11.3 Å². The Bertz CT molecular complexity index is 910. The summed E-state index contributed by atoms with van der Waals surface area (Å²) in [6, 6.07) is 4.72. The molecule has 2 aromatic rings. The molecular weight excluding hydrogens is 396 g/mol. The number of amides is 1. The average molecular weight is 415 g/mol. The van der Waals surface area contributed by atoms with E-state index in [1.165, 1.54) is 17.4 Å². The molecule has 3 rings (SSSR count). The number of nitrogens with one attached hydrogen (secondary N) is 2. The Morgan fingerprint density at radius 3 is 2.85 bits per heavy atom. The number of anilines is 1. The van der Waals surface area contributed by atoms with E-state index in [4.69, 9.17) is 11.6 Å². The lowest BCUT2D eigenvalue weighted by molar-refractivity contribution is -0.122. The second-order valence-corrected chi connectivity index (χ2v) is 9.26. The van der Waals surface area contributed by atoms with E-state index in [2.05, 4.69) is 20.2 Å². The maximum atomic E-state index is 12.5. The molecule has 1 fully saturated rings. The fraction of sp³-hybridized carbons (Fsp3) is 0.438. The van der Waals surface area contributed by atoms with Crippen LogP contribution in [0.2, 0.25) is 5.02 Å². The summed E-state index contributed by atoms with van der Waals surface area (Å²) in [5.74, 6) is 0.320. The summed E-state index contributed by atoms with van der Waals surface area (Å²) in [4.78, 5) is 11.7. The fourth-order valence-electron chi connectivity index (χ4n) is 2.39. The van der Waals surface area contributed by atoms with Crippen LogP contribution in [0.1, 0.15) is 29.8 Å². The van der Waals surface area contributed by atoms with Gasteiger partial charge in [0, 0.05) is 23.9 Å². The molecule has 140 valence electrons. The number of sulfonamides is 1. The normalized spacial score (nSPS) is 14.2. The molecule has 1 saturated carbocycles. The summed E-state index contributed by atoms with van der Waals surface area (Å²) >= 11 is 7.18. The van der Waals surface area contributed by atoms with Gasteiger partial charge in [0.2, 0.25) is 11.0 Å². The van der Waals surface area contributed by atoms with Crippen LogP contribution < -0.4 is 10.0 Å². The minimum atomic E-state index is -3.78. The van der Waals surface area contributed by atoms with Gasteiger partial charge in [-0.2, -0.15) is 0 Å². The van der Waals surface area contributed by atoms with Crippen LogP contribution in [0.25, 0.3) is 0 Å². The summed E-state index contributed by atoms with van der Waals surface area (Å²) in [5.41, 5.74) is 0.484. The van der Waals surface area contributed by atoms with Gasteiger partial charge >= 0.3 is 0 Å². The van der Waals surface area contributed by atoms with Gasteiger partial charge in [-0.3, -0.25) is 9.52 Å². The highest BCUT2D eigenvalue weighted by Crippen LogP contribution is 2.29. The van der Waals surface area contributed by atoms with E-state index in [0.29, 0.717) is 28.6 Å². The number of carbonyl (C=O) groups is 1. The number of aromatic nitrogens is 2. The number of rotatable bonds is 8. The van der Waals surface area contributed by atoms with Crippen molar-refractivity contribution in [3.8, 4) is 0 Å². The molecule has 0 atom stereocenters. The first-order valence-corrected chi connectivity index (χ1v) is 10.9. The minimum absolute atomic E-state index is 0.115. The highest BCUT2D eigenvalue weighted by molar-refractivity contribution is 7.93. The molecule has 1 aromatic carbocycles. The number of halogens is 1. The number of carbonyl (C=O) groups excluding carboxylic acids is 1. The molecule has 0 aliphatic heterocycles. The van der Waals surface area contributed by atoms with Crippen molar-refractivity contribution < 1.29 is 13.2 Å². The predicted molar refractivity (Wildman–Crippen MR) is 101 cm³/mol. The van der Waals surface area contributed by atoms with Crippen LogP contribution >= 0.6 is 22.9 Å². The first-order chi connectivity index (χ1) is 12.4. The molecule has 7 nitrogen and oxygen atoms in total. The smallest absolute Gasteiger partial charge is 0.264 e. The predicted octanol–water partition coefficient (Wildman–Crippen LogP) is 2.76. The summed E-state index contributed by atoms with van der Waals surface area (Å²) < 4.78 is 27.5. The van der Waals surface area contributed by atoms with E-state index in [-0.39, 0.29) is 21.9 Å². The van der Waals surface area contributed by atoms with Crippen molar-refractivity contribution in [2.45, 2.75) is 37.5 Å². The zero-order valence-corrected chi connectivity index (χ0v) is 16.5. The van der Waals surface area contributed by atoms with E-state index >= 15 is 0 Å². The molecule has 1 aliphatic carbocycles. The quantitative estimate of drug-likeness (QED) is 0.647. The highest BCUT2D eigenvalue weighted by atomic mass is 35.5. The fourth-order valence-corrected chi connectivity index (χ4v) is 4.90. The topological polar surface area (TPSA) is 101 Å². The van der Waals surface area contributed by atoms with Gasteiger partial charge in [0.25, 0.3) is 10.0 Å². The van der Waals surface area contributed by atoms with Gasteiger partial charge in [-0.05, 0) is 43.9 Å². The van der Waals surface area contributed by atoms with Crippen LogP contribution in [-0.2, 0) is 21.2 Å². The summed E-state index contributed by atoms with van der Waals surface area (Å²) in [5, 5.41) is 12.1. The minimum Gasteiger partial charge on any atom is -0.356 e. The molecule has 0 radical (unpaired) electrons. The lowest BCUT2D eigenvalue weighted by Gasteiger charge is -2.08. The SMILES string of the molecule is Cc1c(Cl)cccc1S(=O)(=O)Nc1nnc(CCCNC(=O)C2CC2)s1. The van der Waals surface area contributed by atoms with Crippen molar-refractivity contribution in [2.24, 2.45) is 5.92 Å². The summed E-state index contributed by atoms with van der Waals surface area (Å²) in [7, 11) is -3.78. The van der Waals surface area contributed by atoms with Gasteiger partial charge in [0.1, 0.15) is 5.01 Å². The summed E-state index contributed by atoms with van der Waals surface area (Å²) in [6.07, 6.45) is 3.32. The molecule has 1 amide bonds. The Morgan fingerprint density at radius 2 is 2.12 bits per heavy atom. The van der Waals surface area contributed by atoms with Gasteiger partial charge in [0.05, 0.1) is 4.90 Å². The third-order valence-corrected chi connectivity index (χ3v) is 6.93. The molecule has 1 aliphatic rings. The number of nitrogens with zero attached hydrogens (tertiary/aromatic N) is 2. The molecule has 1 aromatic heterocycles. The van der Waals surface area contributed by atoms with Gasteiger partial charge < -0.3 is 5.32 Å². The van der Waals surface area contributed by atoms with Crippen LogP contribution in [0.4, 0.5) is 5.13 Å². The standard InChI is InChI=1S/C16H19ClN4O3S2/c1-10-12(17)4-2-5-13(10)26(23,24)21-16-20-19-14(25-16)6-3-9-18-15(22)11-7-8-11/h2,4-5,11H,3,6-9H2,1H3,(H,18,22)(H,20,21). The Kier molecular flexibility index (Phi) is 5.79. The monoisotopic (exact) mass is 414 g/mol. The number of hydrogen-bond donors (Lipinski definition) is 2. The lowest BCUT2D eigenvalue weighted by Crippen LogP contribution is -2.26. The van der Waals surface area contributed by atoms with E-state index in [1.807, 2.05) is 0 Å². The maximum absolute atomic E-state index is 12.5. The molecule has 0 saturated heterocycles. The largest absolute Gasteiger partial charge is 0.356 e. The molecule has 0 bridgehead atoms. The first kappa shape index (κ1) is 19.1. The van der Waals surface area contributed by atoms with Crippen molar-refractivity contribution in [3.63, 3.8) is 0 Å². The van der Waals surface area contributed by atoms with Gasteiger partial charge in [0.15, 0.2) is 0 Å². The van der Waals surface area contributed by atoms with Crippen LogP contribution in [-0.4, -0.2) is 31.1 Å². The zero-order valence-electron chi connectivity index (χ0n) is 14.2. The Hall–Kier alpha value is -1.71. The number of benzene rings is 1. The molecule has 10 heteroatoms. The third-order valence-electron chi connectivity index (χ3n) is 4.01. The first-order valence-electron chi connectivity index (χ1n) is 8.25. The van der Waals surface area contributed by atoms with Crippen LogP contribution in [0.3, 0.4) is 0 Å². The van der Waals surface area contributed by atoms with Gasteiger partial charge in [-0.1, -0.05) is 29.0 Å². The molecule has 2 N–H and O–H groups in total. The Labute approximate surface area is 161 Å². The highest BCUT2D eigenvalue weighted by Gasteiger charge is 2.29. The zero-order chi connectivity index (χ0) is 18.7. The van der Waals surface area contributed by atoms with Crippen LogP contribution in [0.5, 0.6) is 0 Å². The lowest BCUT2D eigenvalue weighted by atomic mass is 10.2. The third kappa shape index (κ3) is 4.72. The Balaban J connectivity index is 1.55. The number of aryl methyl sites for hydroxylation is 1. The molecule has 26 heavy (non-hydrogen) atoms. The van der Waals surface area contributed by atoms with Crippen LogP contribution in [0, 0.1) is 12.8 Å². The van der Waals surface area contributed by atoms with Gasteiger partial charge in [-0.25, -0.2) is 8.42 Å². The van der Waals surface area contributed by atoms with Crippen LogP contribution in [0.15, 0.2) is 23.1 Å². The van der Waals surface area contributed by atoms with E-state index in [1.54, 1.807) is 19.1 Å². The van der Waals surface area contributed by atoms with Crippen molar-refractivity contribution in [1.82, 2.24) is 15.5 Å². The van der Waals surface area contributed by atoms with Crippen molar-refractivity contribution in [1.29, 1.82) is 0 Å². The summed E-state index contributed by atoms with van der Waals surface area (Å²) in [6.45, 7) is 2.23. The maximum Gasteiger partial charge on any atom is 0.264 e. The molecule has 0 spiro atoms. The van der Waals surface area contributed by atoms with Crippen molar-refractivity contribution in [3.05, 3.63) is 33.8 Å². The van der Waals surface area contributed by atoms with Crippen molar-refractivity contribution >= 4 is 44.0 Å². The molecular formula is C16H19ClN4O3S2. The second kappa shape index (κ2) is 7.89. The van der Waals surface area contributed by atoms with E-state index in [0.717, 1.165) is 19.3 Å².